The van der Waals surface area contributed by atoms with Gasteiger partial charge in [-0.15, -0.1) is 22.7 Å². The summed E-state index contributed by atoms with van der Waals surface area (Å²) in [6.07, 6.45) is 0. The zero-order valence-corrected chi connectivity index (χ0v) is 20.0. The summed E-state index contributed by atoms with van der Waals surface area (Å²) >= 11 is 1.46. The molecule has 0 saturated heterocycles. The molecule has 0 radical (unpaired) electrons. The molecule has 10 heteroatoms. The Balaban J connectivity index is 1.89. The second-order valence-corrected chi connectivity index (χ2v) is 10.7. The van der Waals surface area contributed by atoms with Crippen molar-refractivity contribution >= 4 is 54.0 Å². The number of fused-ring (bicyclic) bond motifs is 2. The molecule has 0 atom stereocenters. The minimum Gasteiger partial charge on any atom is -0.392 e. The number of aliphatic hydroxyl groups is 2. The van der Waals surface area contributed by atoms with Crippen LogP contribution in [0.5, 0.6) is 0 Å². The smallest absolute Gasteiger partial charge is 0.380 e. The van der Waals surface area contributed by atoms with Gasteiger partial charge in [-0.25, -0.2) is 0 Å². The normalized spacial score (nSPS) is 18.8. The third-order valence-corrected chi connectivity index (χ3v) is 9.04. The van der Waals surface area contributed by atoms with Crippen LogP contribution in [0.4, 0.5) is 26.3 Å². The fraction of sp³-hybridized carbons (Fsp3) is 0.280. The van der Waals surface area contributed by atoms with E-state index in [1.165, 1.54) is 26.0 Å². The number of hydrogen-bond acceptors (Lipinski definition) is 4. The second kappa shape index (κ2) is 7.80. The molecule has 35 heavy (non-hydrogen) atoms. The van der Waals surface area contributed by atoms with Crippen molar-refractivity contribution in [3.8, 4) is 0 Å². The summed E-state index contributed by atoms with van der Waals surface area (Å²) in [7, 11) is 0. The maximum atomic E-state index is 15.3. The lowest BCUT2D eigenvalue weighted by molar-refractivity contribution is -0.254. The predicted octanol–water partition coefficient (Wildman–Crippen LogP) is 7.55. The first-order chi connectivity index (χ1) is 16.4. The van der Waals surface area contributed by atoms with Gasteiger partial charge in [0.2, 0.25) is 0 Å². The Labute approximate surface area is 203 Å². The summed E-state index contributed by atoms with van der Waals surface area (Å²) < 4.78 is 91.7. The fourth-order valence-corrected chi connectivity index (χ4v) is 7.26. The van der Waals surface area contributed by atoms with E-state index in [0.29, 0.717) is 31.3 Å². The average molecular weight is 529 g/mol. The van der Waals surface area contributed by atoms with Gasteiger partial charge in [0.05, 0.1) is 24.4 Å². The molecule has 2 aromatic carbocycles. The van der Waals surface area contributed by atoms with E-state index in [-0.39, 0.29) is 34.1 Å². The van der Waals surface area contributed by atoms with Crippen molar-refractivity contribution in [2.24, 2.45) is 0 Å². The average Bonchev–Trinajstić information content (AvgIpc) is 3.34. The molecule has 2 nitrogen and oxygen atoms in total. The quantitative estimate of drug-likeness (QED) is 0.269. The van der Waals surface area contributed by atoms with Gasteiger partial charge in [0.25, 0.3) is 0 Å². The summed E-state index contributed by atoms with van der Waals surface area (Å²) in [6, 6.07) is 9.29. The summed E-state index contributed by atoms with van der Waals surface area (Å²) in [5.74, 6) is -15.9. The van der Waals surface area contributed by atoms with Crippen molar-refractivity contribution in [3.63, 3.8) is 0 Å². The molecule has 1 aliphatic carbocycles. The van der Waals surface area contributed by atoms with Crippen LogP contribution in [0.25, 0.3) is 31.3 Å². The van der Waals surface area contributed by atoms with Crippen LogP contribution in [0.2, 0.25) is 0 Å². The highest BCUT2D eigenvalue weighted by molar-refractivity contribution is 7.21. The van der Waals surface area contributed by atoms with E-state index in [0.717, 1.165) is 22.7 Å². The summed E-state index contributed by atoms with van der Waals surface area (Å²) in [6.45, 7) is 2.24. The Morgan fingerprint density at radius 1 is 0.657 bits per heavy atom. The van der Waals surface area contributed by atoms with E-state index in [4.69, 9.17) is 0 Å². The monoisotopic (exact) mass is 528 g/mol. The number of rotatable bonds is 4. The Morgan fingerprint density at radius 2 is 1.03 bits per heavy atom. The molecule has 0 fully saturated rings. The number of aryl methyl sites for hydroxylation is 2. The molecular weight excluding hydrogens is 510 g/mol. The molecule has 2 aromatic heterocycles. The van der Waals surface area contributed by atoms with E-state index >= 15 is 17.6 Å². The Hall–Kier alpha value is -2.40. The summed E-state index contributed by atoms with van der Waals surface area (Å²) in [5, 5.41) is 19.7. The third-order valence-electron chi connectivity index (χ3n) is 6.49. The van der Waals surface area contributed by atoms with E-state index in [1.807, 2.05) is 0 Å². The third kappa shape index (κ3) is 3.16. The van der Waals surface area contributed by atoms with Gasteiger partial charge in [-0.1, -0.05) is 24.3 Å². The van der Waals surface area contributed by atoms with Crippen LogP contribution < -0.4 is 0 Å². The van der Waals surface area contributed by atoms with Crippen LogP contribution in [0.1, 0.15) is 32.0 Å². The van der Waals surface area contributed by atoms with Crippen LogP contribution in [0.3, 0.4) is 0 Å². The molecule has 1 aliphatic rings. The van der Waals surface area contributed by atoms with Crippen molar-refractivity contribution in [2.45, 2.75) is 44.8 Å². The maximum absolute atomic E-state index is 15.3. The highest BCUT2D eigenvalue weighted by atomic mass is 32.1. The van der Waals surface area contributed by atoms with Crippen molar-refractivity contribution in [1.82, 2.24) is 0 Å². The molecule has 4 aromatic rings. The predicted molar refractivity (Wildman–Crippen MR) is 127 cm³/mol. The van der Waals surface area contributed by atoms with Gasteiger partial charge in [0.1, 0.15) is 0 Å². The number of hydrogen-bond donors (Lipinski definition) is 2. The van der Waals surface area contributed by atoms with Gasteiger partial charge >= 0.3 is 17.8 Å². The van der Waals surface area contributed by atoms with Crippen molar-refractivity contribution in [2.75, 3.05) is 0 Å². The minimum absolute atomic E-state index is 0.191. The first kappa shape index (κ1) is 24.3. The molecule has 0 bridgehead atoms. The topological polar surface area (TPSA) is 40.5 Å². The number of allylic oxidation sites excluding steroid dienone is 2. The fourth-order valence-electron chi connectivity index (χ4n) is 4.55. The highest BCUT2D eigenvalue weighted by Gasteiger charge is 2.80. The summed E-state index contributed by atoms with van der Waals surface area (Å²) in [4.78, 5) is -0.667. The Morgan fingerprint density at radius 3 is 1.37 bits per heavy atom. The lowest BCUT2D eigenvalue weighted by atomic mass is 9.98. The second-order valence-electron chi connectivity index (χ2n) is 8.56. The molecule has 184 valence electrons. The number of alkyl halides is 6. The van der Waals surface area contributed by atoms with Crippen LogP contribution in [0.15, 0.2) is 36.4 Å². The lowest BCUT2D eigenvalue weighted by Crippen LogP contribution is -2.48. The molecular formula is C25H18F6O2S2. The molecule has 0 saturated carbocycles. The molecule has 0 unspecified atom stereocenters. The van der Waals surface area contributed by atoms with Crippen molar-refractivity contribution in [1.29, 1.82) is 0 Å². The molecule has 2 N–H and O–H groups in total. The molecule has 2 heterocycles. The number of halogens is 6. The van der Waals surface area contributed by atoms with Crippen LogP contribution in [0, 0.1) is 13.8 Å². The van der Waals surface area contributed by atoms with Gasteiger partial charge in [0, 0.05) is 19.2 Å². The molecule has 5 rings (SSSR count). The van der Waals surface area contributed by atoms with Crippen LogP contribution >= 0.6 is 22.7 Å². The van der Waals surface area contributed by atoms with Gasteiger partial charge in [0.15, 0.2) is 0 Å². The minimum atomic E-state index is -5.64. The number of aliphatic hydroxyl groups excluding tert-OH is 2. The highest BCUT2D eigenvalue weighted by Crippen LogP contribution is 2.67. The van der Waals surface area contributed by atoms with Crippen molar-refractivity contribution < 1.29 is 36.6 Å². The van der Waals surface area contributed by atoms with Gasteiger partial charge in [-0.2, -0.15) is 26.3 Å². The first-order valence-electron chi connectivity index (χ1n) is 10.5. The van der Waals surface area contributed by atoms with Gasteiger partial charge in [-0.05, 0) is 59.0 Å². The first-order valence-corrected chi connectivity index (χ1v) is 12.1. The van der Waals surface area contributed by atoms with Crippen LogP contribution in [-0.4, -0.2) is 28.0 Å². The molecule has 0 spiro atoms. The maximum Gasteiger partial charge on any atom is 0.380 e. The number of thiophene rings is 2. The van der Waals surface area contributed by atoms with Crippen LogP contribution in [-0.2, 0) is 13.2 Å². The molecule has 0 aliphatic heterocycles. The zero-order valence-electron chi connectivity index (χ0n) is 18.4. The Kier molecular flexibility index (Phi) is 5.41. The van der Waals surface area contributed by atoms with E-state index in [1.54, 1.807) is 24.3 Å². The summed E-state index contributed by atoms with van der Waals surface area (Å²) in [5.41, 5.74) is -1.39. The van der Waals surface area contributed by atoms with E-state index < -0.39 is 28.9 Å². The molecule has 0 amide bonds. The van der Waals surface area contributed by atoms with E-state index in [9.17, 15) is 19.0 Å². The van der Waals surface area contributed by atoms with E-state index in [2.05, 4.69) is 0 Å². The SMILES string of the molecule is Cc1c(C2=C(c3sc4cc(CO)ccc4c3C)C(F)(F)C(F)(F)C2(F)F)sc2cc(CO)ccc12. The zero-order chi connectivity index (χ0) is 25.5. The van der Waals surface area contributed by atoms with Gasteiger partial charge in [-0.3, -0.25) is 0 Å². The van der Waals surface area contributed by atoms with Gasteiger partial charge < -0.3 is 10.2 Å². The standard InChI is InChI=1S/C25H18F6O2S2/c1-11-15-5-3-13(9-32)7-17(15)34-21(11)19-20(24(28,29)25(30,31)23(19,26)27)22-12(2)16-6-4-14(10-33)8-18(16)35-22/h3-8,32-33H,9-10H2,1-2H3. The lowest BCUT2D eigenvalue weighted by Gasteiger charge is -2.25. The largest absolute Gasteiger partial charge is 0.392 e. The van der Waals surface area contributed by atoms with Crippen molar-refractivity contribution in [3.05, 3.63) is 68.4 Å². The number of benzene rings is 2. The Bertz CT molecular complexity index is 1420.